The third-order valence-corrected chi connectivity index (χ3v) is 4.90. The normalized spacial score (nSPS) is 11.5. The standard InChI is InChI=1S/C10H12N4O3S2/c1-6-7(2)12-13-10(11-6)14-19(16,17)9-3-4-18-8(9)5-15/h3-4,15H,5H2,1-2H3,(H,11,13,14). The average molecular weight is 300 g/mol. The fraction of sp³-hybridized carbons (Fsp3) is 0.300. The minimum absolute atomic E-state index is 0.0295. The number of thiophene rings is 1. The van der Waals surface area contributed by atoms with Crippen molar-refractivity contribution < 1.29 is 13.5 Å². The predicted octanol–water partition coefficient (Wildman–Crippen LogP) is 0.843. The molecular weight excluding hydrogens is 288 g/mol. The molecule has 2 N–H and O–H groups in total. The summed E-state index contributed by atoms with van der Waals surface area (Å²) in [6.45, 7) is 3.11. The summed E-state index contributed by atoms with van der Waals surface area (Å²) in [4.78, 5) is 4.39. The molecule has 7 nitrogen and oxygen atoms in total. The molecule has 0 unspecified atom stereocenters. The highest BCUT2D eigenvalue weighted by molar-refractivity contribution is 7.92. The molecule has 2 aromatic heterocycles. The predicted molar refractivity (Wildman–Crippen MR) is 70.4 cm³/mol. The lowest BCUT2D eigenvalue weighted by molar-refractivity contribution is 0.282. The molecule has 0 saturated heterocycles. The van der Waals surface area contributed by atoms with Crippen LogP contribution < -0.4 is 4.72 Å². The molecule has 0 bridgehead atoms. The lowest BCUT2D eigenvalue weighted by Gasteiger charge is -2.07. The highest BCUT2D eigenvalue weighted by atomic mass is 32.2. The van der Waals surface area contributed by atoms with E-state index >= 15 is 0 Å². The van der Waals surface area contributed by atoms with Crippen molar-refractivity contribution in [3.05, 3.63) is 27.7 Å². The molecule has 0 aliphatic carbocycles. The third kappa shape index (κ3) is 2.88. The number of aromatic nitrogens is 3. The second kappa shape index (κ2) is 5.19. The van der Waals surface area contributed by atoms with Gasteiger partial charge >= 0.3 is 0 Å². The largest absolute Gasteiger partial charge is 0.391 e. The monoisotopic (exact) mass is 300 g/mol. The molecule has 9 heteroatoms. The van der Waals surface area contributed by atoms with Crippen LogP contribution in [-0.4, -0.2) is 28.7 Å². The van der Waals surface area contributed by atoms with E-state index in [9.17, 15) is 8.42 Å². The van der Waals surface area contributed by atoms with Crippen molar-refractivity contribution in [3.8, 4) is 0 Å². The van der Waals surface area contributed by atoms with Crippen LogP contribution in [0.15, 0.2) is 16.3 Å². The number of rotatable bonds is 4. The van der Waals surface area contributed by atoms with E-state index in [1.807, 2.05) is 0 Å². The Bertz CT molecular complexity index is 697. The molecule has 0 amide bonds. The maximum absolute atomic E-state index is 12.1. The number of hydrogen-bond donors (Lipinski definition) is 2. The fourth-order valence-electron chi connectivity index (χ4n) is 1.36. The van der Waals surface area contributed by atoms with Gasteiger partial charge in [-0.3, -0.25) is 0 Å². The van der Waals surface area contributed by atoms with Crippen LogP contribution >= 0.6 is 11.3 Å². The van der Waals surface area contributed by atoms with Gasteiger partial charge in [0.05, 0.1) is 22.9 Å². The Labute approximate surface area is 114 Å². The van der Waals surface area contributed by atoms with Crippen molar-refractivity contribution in [2.45, 2.75) is 25.3 Å². The van der Waals surface area contributed by atoms with Crippen molar-refractivity contribution >= 4 is 27.3 Å². The van der Waals surface area contributed by atoms with Crippen LogP contribution in [0.5, 0.6) is 0 Å². The minimum Gasteiger partial charge on any atom is -0.391 e. The van der Waals surface area contributed by atoms with Gasteiger partial charge in [0.2, 0.25) is 0 Å². The van der Waals surface area contributed by atoms with Crippen LogP contribution in [0.3, 0.4) is 0 Å². The van der Waals surface area contributed by atoms with Crippen molar-refractivity contribution in [1.82, 2.24) is 15.2 Å². The summed E-state index contributed by atoms with van der Waals surface area (Å²) >= 11 is 1.17. The molecule has 0 aliphatic heterocycles. The van der Waals surface area contributed by atoms with Gasteiger partial charge in [-0.15, -0.1) is 16.4 Å². The molecule has 0 atom stereocenters. The zero-order valence-electron chi connectivity index (χ0n) is 10.3. The van der Waals surface area contributed by atoms with Gasteiger partial charge in [-0.05, 0) is 25.3 Å². The quantitative estimate of drug-likeness (QED) is 0.867. The molecule has 0 radical (unpaired) electrons. The van der Waals surface area contributed by atoms with Crippen LogP contribution in [0.25, 0.3) is 0 Å². The summed E-state index contributed by atoms with van der Waals surface area (Å²) in [5.74, 6) is -0.0850. The van der Waals surface area contributed by atoms with Crippen LogP contribution in [-0.2, 0) is 16.6 Å². The summed E-state index contributed by atoms with van der Waals surface area (Å²) in [5.41, 5.74) is 1.23. The number of aliphatic hydroxyl groups excluding tert-OH is 1. The van der Waals surface area contributed by atoms with Gasteiger partial charge in [0.1, 0.15) is 4.90 Å². The van der Waals surface area contributed by atoms with Crippen molar-refractivity contribution in [2.24, 2.45) is 0 Å². The second-order valence-corrected chi connectivity index (χ2v) is 6.43. The number of aryl methyl sites for hydroxylation is 2. The van der Waals surface area contributed by atoms with E-state index in [1.54, 1.807) is 19.2 Å². The third-order valence-electron chi connectivity index (χ3n) is 2.46. The maximum atomic E-state index is 12.1. The van der Waals surface area contributed by atoms with Crippen LogP contribution in [0.1, 0.15) is 16.3 Å². The van der Waals surface area contributed by atoms with Gasteiger partial charge in [-0.2, -0.15) is 5.10 Å². The Morgan fingerprint density at radius 1 is 1.32 bits per heavy atom. The lowest BCUT2D eigenvalue weighted by atomic mass is 10.4. The van der Waals surface area contributed by atoms with Crippen LogP contribution in [0.4, 0.5) is 5.95 Å². The van der Waals surface area contributed by atoms with Crippen LogP contribution in [0.2, 0.25) is 0 Å². The van der Waals surface area contributed by atoms with Gasteiger partial charge < -0.3 is 5.11 Å². The molecule has 19 heavy (non-hydrogen) atoms. The number of anilines is 1. The molecule has 0 aliphatic rings. The first-order valence-electron chi connectivity index (χ1n) is 5.32. The molecule has 2 aromatic rings. The van der Waals surface area contributed by atoms with E-state index in [0.717, 1.165) is 0 Å². The lowest BCUT2D eigenvalue weighted by Crippen LogP contribution is -2.17. The molecule has 0 saturated carbocycles. The summed E-state index contributed by atoms with van der Waals surface area (Å²) in [6.07, 6.45) is 0. The number of nitrogens with one attached hydrogen (secondary N) is 1. The average Bonchev–Trinajstić information content (AvgIpc) is 2.82. The topological polar surface area (TPSA) is 105 Å². The first-order valence-corrected chi connectivity index (χ1v) is 7.68. The first kappa shape index (κ1) is 13.8. The van der Waals surface area contributed by atoms with Gasteiger partial charge in [-0.1, -0.05) is 0 Å². The Morgan fingerprint density at radius 2 is 2.05 bits per heavy atom. The van der Waals surface area contributed by atoms with E-state index in [0.29, 0.717) is 16.3 Å². The van der Waals surface area contributed by atoms with E-state index in [4.69, 9.17) is 5.11 Å². The highest BCUT2D eigenvalue weighted by Crippen LogP contribution is 2.23. The Balaban J connectivity index is 2.34. The Kier molecular flexibility index (Phi) is 3.78. The first-order chi connectivity index (χ1) is 8.94. The molecular formula is C10H12N4O3S2. The summed E-state index contributed by atoms with van der Waals surface area (Å²) in [5, 5.41) is 18.2. The zero-order valence-corrected chi connectivity index (χ0v) is 11.9. The van der Waals surface area contributed by atoms with Crippen LogP contribution in [0, 0.1) is 13.8 Å². The van der Waals surface area contributed by atoms with Gasteiger partial charge in [-0.25, -0.2) is 18.1 Å². The molecule has 0 aromatic carbocycles. The maximum Gasteiger partial charge on any atom is 0.265 e. The molecule has 2 heterocycles. The van der Waals surface area contributed by atoms with Crippen molar-refractivity contribution in [2.75, 3.05) is 4.72 Å². The molecule has 2 rings (SSSR count). The number of hydrogen-bond acceptors (Lipinski definition) is 7. The van der Waals surface area contributed by atoms with Crippen molar-refractivity contribution in [3.63, 3.8) is 0 Å². The van der Waals surface area contributed by atoms with Gasteiger partial charge in [0.25, 0.3) is 16.0 Å². The van der Waals surface area contributed by atoms with E-state index < -0.39 is 10.0 Å². The van der Waals surface area contributed by atoms with E-state index in [1.165, 1.54) is 17.4 Å². The van der Waals surface area contributed by atoms with Gasteiger partial charge in [0, 0.05) is 0 Å². The number of sulfonamides is 1. The summed E-state index contributed by atoms with van der Waals surface area (Å²) in [7, 11) is -3.81. The number of nitrogens with zero attached hydrogens (tertiary/aromatic N) is 3. The highest BCUT2D eigenvalue weighted by Gasteiger charge is 2.21. The number of aliphatic hydroxyl groups is 1. The van der Waals surface area contributed by atoms with Crippen molar-refractivity contribution in [1.29, 1.82) is 0 Å². The zero-order chi connectivity index (χ0) is 14.0. The summed E-state index contributed by atoms with van der Waals surface area (Å²) < 4.78 is 26.5. The molecule has 0 spiro atoms. The minimum atomic E-state index is -3.81. The Morgan fingerprint density at radius 3 is 2.68 bits per heavy atom. The smallest absolute Gasteiger partial charge is 0.265 e. The summed E-state index contributed by atoms with van der Waals surface area (Å²) in [6, 6.07) is 1.42. The fourth-order valence-corrected chi connectivity index (χ4v) is 3.59. The molecule has 102 valence electrons. The van der Waals surface area contributed by atoms with Gasteiger partial charge in [0.15, 0.2) is 0 Å². The SMILES string of the molecule is Cc1nnc(NS(=O)(=O)c2ccsc2CO)nc1C. The molecule has 0 fully saturated rings. The Hall–Kier alpha value is -1.58. The van der Waals surface area contributed by atoms with E-state index in [-0.39, 0.29) is 17.5 Å². The van der Waals surface area contributed by atoms with E-state index in [2.05, 4.69) is 19.9 Å². The second-order valence-electron chi connectivity index (χ2n) is 3.78.